The zero-order chi connectivity index (χ0) is 31.0. The fourth-order valence-corrected chi connectivity index (χ4v) is 6.87. The third-order valence-corrected chi connectivity index (χ3v) is 9.65. The van der Waals surface area contributed by atoms with Crippen molar-refractivity contribution in [1.82, 2.24) is 10.2 Å². The highest BCUT2D eigenvalue weighted by Crippen LogP contribution is 2.33. The summed E-state index contributed by atoms with van der Waals surface area (Å²) in [5.74, 6) is -0.382. The second-order valence-electron chi connectivity index (χ2n) is 11.3. The Balaban J connectivity index is 1.72. The number of carbonyl (C=O) groups excluding carboxylic acids is 2. The van der Waals surface area contributed by atoms with E-state index in [1.807, 2.05) is 45.0 Å². The predicted molar refractivity (Wildman–Crippen MR) is 170 cm³/mol. The second kappa shape index (κ2) is 14.6. The molecule has 3 aromatic rings. The van der Waals surface area contributed by atoms with Crippen molar-refractivity contribution in [2.24, 2.45) is 0 Å². The van der Waals surface area contributed by atoms with Crippen LogP contribution in [0.5, 0.6) is 5.75 Å². The Hall–Kier alpha value is -3.85. The maximum Gasteiger partial charge on any atom is 0.264 e. The van der Waals surface area contributed by atoms with Crippen LogP contribution in [0.1, 0.15) is 62.6 Å². The van der Waals surface area contributed by atoms with Gasteiger partial charge in [-0.15, -0.1) is 0 Å². The van der Waals surface area contributed by atoms with E-state index in [0.29, 0.717) is 12.4 Å². The first kappa shape index (κ1) is 32.1. The van der Waals surface area contributed by atoms with E-state index in [1.165, 1.54) is 17.0 Å². The van der Waals surface area contributed by atoms with Gasteiger partial charge in [0.2, 0.25) is 11.8 Å². The van der Waals surface area contributed by atoms with Gasteiger partial charge in [-0.3, -0.25) is 13.9 Å². The van der Waals surface area contributed by atoms with Crippen LogP contribution in [0.15, 0.2) is 77.7 Å². The molecule has 0 radical (unpaired) electrons. The first-order valence-electron chi connectivity index (χ1n) is 15.1. The number of hydrogen-bond donors (Lipinski definition) is 1. The van der Waals surface area contributed by atoms with Gasteiger partial charge in [-0.25, -0.2) is 8.42 Å². The zero-order valence-electron chi connectivity index (χ0n) is 25.6. The molecule has 1 aliphatic rings. The van der Waals surface area contributed by atoms with E-state index >= 15 is 0 Å². The summed E-state index contributed by atoms with van der Waals surface area (Å²) >= 11 is 0. The fraction of sp³-hybridized carbons (Fsp3) is 0.412. The molecule has 1 atom stereocenters. The van der Waals surface area contributed by atoms with Crippen LogP contribution in [-0.4, -0.2) is 50.4 Å². The van der Waals surface area contributed by atoms with Crippen molar-refractivity contribution in [2.75, 3.05) is 17.5 Å². The highest BCUT2D eigenvalue weighted by atomic mass is 32.2. The molecule has 0 unspecified atom stereocenters. The molecule has 1 aliphatic carbocycles. The molecular weight excluding hydrogens is 562 g/mol. The minimum atomic E-state index is -4.18. The van der Waals surface area contributed by atoms with Gasteiger partial charge in [-0.05, 0) is 70.4 Å². The standard InChI is InChI=1S/C34H43N3O5S/c1-5-42-32-17-10-9-16-31(32)37(43(40,41)30-20-18-25(2)19-21-30)24-33(38)36(23-28-13-11-12-26(3)22-28)27(4)34(39)35-29-14-7-6-8-15-29/h9-13,16-22,27,29H,5-8,14-15,23-24H2,1-4H3,(H,35,39)/t27-/m1/s1. The number of anilines is 1. The largest absolute Gasteiger partial charge is 0.492 e. The van der Waals surface area contributed by atoms with Crippen molar-refractivity contribution in [2.45, 2.75) is 83.3 Å². The molecule has 8 nitrogen and oxygen atoms in total. The Kier molecular flexibility index (Phi) is 10.9. The smallest absolute Gasteiger partial charge is 0.264 e. The van der Waals surface area contributed by atoms with Gasteiger partial charge in [0.15, 0.2) is 0 Å². The Morgan fingerprint density at radius 3 is 2.30 bits per heavy atom. The van der Waals surface area contributed by atoms with Gasteiger partial charge in [0, 0.05) is 12.6 Å². The van der Waals surface area contributed by atoms with E-state index in [0.717, 1.165) is 53.1 Å². The van der Waals surface area contributed by atoms with Crippen LogP contribution in [0.3, 0.4) is 0 Å². The molecule has 0 bridgehead atoms. The summed E-state index contributed by atoms with van der Waals surface area (Å²) in [4.78, 5) is 29.3. The summed E-state index contributed by atoms with van der Waals surface area (Å²) in [6, 6.07) is 20.3. The lowest BCUT2D eigenvalue weighted by Crippen LogP contribution is -2.53. The molecule has 2 amide bonds. The van der Waals surface area contributed by atoms with E-state index in [-0.39, 0.29) is 29.1 Å². The Morgan fingerprint density at radius 1 is 0.930 bits per heavy atom. The molecule has 0 aromatic heterocycles. The van der Waals surface area contributed by atoms with Crippen molar-refractivity contribution in [3.63, 3.8) is 0 Å². The van der Waals surface area contributed by atoms with Gasteiger partial charge in [-0.1, -0.05) is 78.9 Å². The summed E-state index contributed by atoms with van der Waals surface area (Å²) in [6.07, 6.45) is 5.13. The topological polar surface area (TPSA) is 96.0 Å². The van der Waals surface area contributed by atoms with E-state index in [9.17, 15) is 18.0 Å². The lowest BCUT2D eigenvalue weighted by molar-refractivity contribution is -0.139. The van der Waals surface area contributed by atoms with Gasteiger partial charge in [0.25, 0.3) is 10.0 Å². The molecular formula is C34H43N3O5S. The number of ether oxygens (including phenoxy) is 1. The van der Waals surface area contributed by atoms with Gasteiger partial charge in [-0.2, -0.15) is 0 Å². The fourth-order valence-electron chi connectivity index (χ4n) is 5.45. The highest BCUT2D eigenvalue weighted by Gasteiger charge is 2.34. The monoisotopic (exact) mass is 605 g/mol. The van der Waals surface area contributed by atoms with Crippen LogP contribution >= 0.6 is 0 Å². The van der Waals surface area contributed by atoms with Gasteiger partial charge in [0.1, 0.15) is 18.3 Å². The average Bonchev–Trinajstić information content (AvgIpc) is 2.99. The number of sulfonamides is 1. The first-order chi connectivity index (χ1) is 20.6. The summed E-state index contributed by atoms with van der Waals surface area (Å²) in [7, 11) is -4.18. The molecule has 9 heteroatoms. The number of nitrogens with zero attached hydrogens (tertiary/aromatic N) is 2. The van der Waals surface area contributed by atoms with Crippen LogP contribution < -0.4 is 14.4 Å². The minimum Gasteiger partial charge on any atom is -0.492 e. The number of amides is 2. The molecule has 1 saturated carbocycles. The molecule has 1 fully saturated rings. The maximum atomic E-state index is 14.3. The maximum absolute atomic E-state index is 14.3. The van der Waals surface area contributed by atoms with Crippen LogP contribution in [-0.2, 0) is 26.2 Å². The lowest BCUT2D eigenvalue weighted by Gasteiger charge is -2.33. The van der Waals surface area contributed by atoms with Crippen LogP contribution in [0.4, 0.5) is 5.69 Å². The first-order valence-corrected chi connectivity index (χ1v) is 16.5. The number of para-hydroxylation sites is 2. The molecule has 0 aliphatic heterocycles. The van der Waals surface area contributed by atoms with Crippen molar-refractivity contribution < 1.29 is 22.7 Å². The second-order valence-corrected chi connectivity index (χ2v) is 13.1. The SMILES string of the molecule is CCOc1ccccc1N(CC(=O)N(Cc1cccc(C)c1)[C@H](C)C(=O)NC1CCCCC1)S(=O)(=O)c1ccc(C)cc1. The van der Waals surface area contributed by atoms with Crippen LogP contribution in [0.2, 0.25) is 0 Å². The molecule has 4 rings (SSSR count). The quantitative estimate of drug-likeness (QED) is 0.283. The van der Waals surface area contributed by atoms with Crippen molar-refractivity contribution >= 4 is 27.5 Å². The summed E-state index contributed by atoms with van der Waals surface area (Å²) < 4.78 is 35.2. The molecule has 0 spiro atoms. The van der Waals surface area contributed by atoms with Crippen LogP contribution in [0, 0.1) is 13.8 Å². The van der Waals surface area contributed by atoms with Crippen molar-refractivity contribution in [1.29, 1.82) is 0 Å². The van der Waals surface area contributed by atoms with E-state index in [1.54, 1.807) is 43.3 Å². The summed E-state index contributed by atoms with van der Waals surface area (Å²) in [6.45, 7) is 7.34. The van der Waals surface area contributed by atoms with Crippen LogP contribution in [0.25, 0.3) is 0 Å². The number of hydrogen-bond acceptors (Lipinski definition) is 5. The zero-order valence-corrected chi connectivity index (χ0v) is 26.4. The Morgan fingerprint density at radius 2 is 1.63 bits per heavy atom. The summed E-state index contributed by atoms with van der Waals surface area (Å²) in [5, 5.41) is 3.14. The molecule has 230 valence electrons. The van der Waals surface area contributed by atoms with E-state index < -0.39 is 28.5 Å². The molecule has 3 aromatic carbocycles. The van der Waals surface area contributed by atoms with Gasteiger partial charge < -0.3 is 15.0 Å². The lowest BCUT2D eigenvalue weighted by atomic mass is 9.95. The Labute approximate surface area is 256 Å². The number of benzene rings is 3. The third-order valence-electron chi connectivity index (χ3n) is 7.88. The van der Waals surface area contributed by atoms with Crippen molar-refractivity contribution in [3.05, 3.63) is 89.5 Å². The predicted octanol–water partition coefficient (Wildman–Crippen LogP) is 5.76. The van der Waals surface area contributed by atoms with Gasteiger partial charge >= 0.3 is 0 Å². The normalized spacial score (nSPS) is 14.5. The molecule has 0 saturated heterocycles. The number of rotatable bonds is 12. The van der Waals surface area contributed by atoms with E-state index in [2.05, 4.69) is 5.32 Å². The highest BCUT2D eigenvalue weighted by molar-refractivity contribution is 7.92. The number of aryl methyl sites for hydroxylation is 2. The average molecular weight is 606 g/mol. The third kappa shape index (κ3) is 8.16. The molecule has 0 heterocycles. The Bertz CT molecular complexity index is 1500. The number of carbonyl (C=O) groups is 2. The van der Waals surface area contributed by atoms with E-state index in [4.69, 9.17) is 4.74 Å². The molecule has 1 N–H and O–H groups in total. The number of nitrogens with one attached hydrogen (secondary N) is 1. The molecule has 43 heavy (non-hydrogen) atoms. The minimum absolute atomic E-state index is 0.0607. The van der Waals surface area contributed by atoms with Gasteiger partial charge in [0.05, 0.1) is 17.2 Å². The summed E-state index contributed by atoms with van der Waals surface area (Å²) in [5.41, 5.74) is 3.05. The van der Waals surface area contributed by atoms with Crippen molar-refractivity contribution in [3.8, 4) is 5.75 Å².